The minimum Gasteiger partial charge on any atom is -0.395 e. The van der Waals surface area contributed by atoms with Gasteiger partial charge in [0.05, 0.1) is 44.3 Å². The summed E-state index contributed by atoms with van der Waals surface area (Å²) in [6.07, 6.45) is 0.674. The van der Waals surface area contributed by atoms with Crippen molar-refractivity contribution >= 4 is 10.0 Å². The van der Waals surface area contributed by atoms with Crippen LogP contribution in [0.3, 0.4) is 0 Å². The maximum absolute atomic E-state index is 12.2. The van der Waals surface area contributed by atoms with Gasteiger partial charge in [-0.3, -0.25) is 0 Å². The number of hydrogen-bond acceptors (Lipinski definition) is 6. The van der Waals surface area contributed by atoms with Crippen LogP contribution in [0, 0.1) is 5.41 Å². The highest BCUT2D eigenvalue weighted by molar-refractivity contribution is 7.88. The van der Waals surface area contributed by atoms with E-state index in [1.807, 2.05) is 27.7 Å². The number of sulfonamides is 1. The van der Waals surface area contributed by atoms with Gasteiger partial charge in [0.1, 0.15) is 0 Å². The third-order valence-electron chi connectivity index (χ3n) is 4.00. The maximum atomic E-state index is 12.2. The van der Waals surface area contributed by atoms with E-state index in [2.05, 4.69) is 20.8 Å². The number of ether oxygens (including phenoxy) is 2. The number of hydrogen-bond donors (Lipinski definition) is 2. The molecule has 0 saturated heterocycles. The van der Waals surface area contributed by atoms with Crippen molar-refractivity contribution in [3.8, 4) is 0 Å². The van der Waals surface area contributed by atoms with Crippen LogP contribution in [0.5, 0.6) is 0 Å². The Morgan fingerprint density at radius 2 is 1.64 bits per heavy atom. The topological polar surface area (TPSA) is 102 Å². The summed E-state index contributed by atoms with van der Waals surface area (Å²) in [5.41, 5.74) is 4.99. The second-order valence-electron chi connectivity index (χ2n) is 8.71. The molecule has 0 unspecified atom stereocenters. The summed E-state index contributed by atoms with van der Waals surface area (Å²) in [6, 6.07) is -0.464. The normalized spacial score (nSPS) is 17.6. The Bertz CT molecular complexity index is 482. The lowest BCUT2D eigenvalue weighted by molar-refractivity contribution is -0.0962. The number of aliphatic hydroxyl groups excluding tert-OH is 1. The Morgan fingerprint density at radius 3 is 2.00 bits per heavy atom. The summed E-state index contributed by atoms with van der Waals surface area (Å²) in [7, 11) is -3.40. The average molecular weight is 383 g/mol. The highest BCUT2D eigenvalue weighted by Gasteiger charge is 2.34. The van der Waals surface area contributed by atoms with E-state index in [0.29, 0.717) is 0 Å². The molecular weight excluding hydrogens is 344 g/mol. The third-order valence-corrected chi connectivity index (χ3v) is 5.50. The smallest absolute Gasteiger partial charge is 0.211 e. The molecule has 0 saturated carbocycles. The molecule has 0 aliphatic carbocycles. The molecule has 0 radical (unpaired) electrons. The highest BCUT2D eigenvalue weighted by Crippen LogP contribution is 2.25. The molecule has 7 nitrogen and oxygen atoms in total. The van der Waals surface area contributed by atoms with Crippen LogP contribution >= 0.6 is 0 Å². The lowest BCUT2D eigenvalue weighted by Crippen LogP contribution is -2.51. The largest absolute Gasteiger partial charge is 0.395 e. The Hall–Kier alpha value is -0.250. The Labute approximate surface area is 153 Å². The molecule has 0 spiro atoms. The van der Waals surface area contributed by atoms with Crippen molar-refractivity contribution in [2.75, 3.05) is 32.6 Å². The first-order valence-corrected chi connectivity index (χ1v) is 10.5. The van der Waals surface area contributed by atoms with Crippen LogP contribution in [-0.2, 0) is 19.5 Å². The fourth-order valence-electron chi connectivity index (χ4n) is 2.12. The molecular formula is C17H38N2O5S. The van der Waals surface area contributed by atoms with Crippen molar-refractivity contribution in [2.24, 2.45) is 11.1 Å². The van der Waals surface area contributed by atoms with Crippen LogP contribution in [0.4, 0.5) is 0 Å². The molecule has 0 rings (SSSR count). The number of nitrogens with zero attached hydrogens (tertiary/aromatic N) is 1. The molecule has 0 bridgehead atoms. The lowest BCUT2D eigenvalue weighted by atomic mass is 9.90. The van der Waals surface area contributed by atoms with Crippen molar-refractivity contribution in [1.82, 2.24) is 4.31 Å². The van der Waals surface area contributed by atoms with Gasteiger partial charge in [-0.25, -0.2) is 8.42 Å². The first kappa shape index (κ1) is 24.8. The number of nitrogens with two attached hydrogens (primary N) is 1. The molecule has 0 amide bonds. The van der Waals surface area contributed by atoms with Gasteiger partial charge >= 0.3 is 0 Å². The zero-order chi connectivity index (χ0) is 20.1. The van der Waals surface area contributed by atoms with Gasteiger partial charge in [0.25, 0.3) is 0 Å². The molecule has 3 atom stereocenters. The first-order chi connectivity index (χ1) is 11.1. The highest BCUT2D eigenvalue weighted by atomic mass is 32.2. The van der Waals surface area contributed by atoms with Crippen LogP contribution in [-0.4, -0.2) is 74.2 Å². The molecule has 0 aromatic heterocycles. The van der Waals surface area contributed by atoms with Crippen LogP contribution in [0.1, 0.15) is 48.5 Å². The summed E-state index contributed by atoms with van der Waals surface area (Å²) in [5.74, 6) is 0. The predicted octanol–water partition coefficient (Wildman–Crippen LogP) is 1.20. The van der Waals surface area contributed by atoms with Crippen LogP contribution in [0.15, 0.2) is 0 Å². The van der Waals surface area contributed by atoms with Gasteiger partial charge in [0, 0.05) is 12.1 Å². The summed E-state index contributed by atoms with van der Waals surface area (Å²) in [5, 5.41) is 8.99. The van der Waals surface area contributed by atoms with Crippen molar-refractivity contribution in [3.05, 3.63) is 0 Å². The molecule has 152 valence electrons. The average Bonchev–Trinajstić information content (AvgIpc) is 2.40. The van der Waals surface area contributed by atoms with Crippen molar-refractivity contribution in [2.45, 2.75) is 72.3 Å². The standard InChI is InChI=1S/C17H38N2O5S/c1-13(16(2,3)4)24-15(12-23-11-14(18)10-20)9-19(17(5,6)7)25(8,21)22/h13-15,20H,9-12,18H2,1-8H3/t13-,14-,15-/m0/s1. The Kier molecular flexibility index (Phi) is 9.52. The summed E-state index contributed by atoms with van der Waals surface area (Å²) < 4.78 is 37.5. The lowest BCUT2D eigenvalue weighted by Gasteiger charge is -2.38. The predicted molar refractivity (Wildman–Crippen MR) is 101 cm³/mol. The van der Waals surface area contributed by atoms with Gasteiger partial charge in [-0.15, -0.1) is 0 Å². The van der Waals surface area contributed by atoms with Crippen LogP contribution in [0.2, 0.25) is 0 Å². The Morgan fingerprint density at radius 1 is 1.12 bits per heavy atom. The molecule has 3 N–H and O–H groups in total. The second-order valence-corrected chi connectivity index (χ2v) is 10.6. The fraction of sp³-hybridized carbons (Fsp3) is 1.00. The second kappa shape index (κ2) is 9.62. The van der Waals surface area contributed by atoms with E-state index < -0.39 is 27.7 Å². The van der Waals surface area contributed by atoms with E-state index >= 15 is 0 Å². The van der Waals surface area contributed by atoms with E-state index in [1.165, 1.54) is 10.6 Å². The van der Waals surface area contributed by atoms with E-state index in [0.717, 1.165) is 0 Å². The zero-order valence-electron chi connectivity index (χ0n) is 17.1. The van der Waals surface area contributed by atoms with Crippen molar-refractivity contribution in [1.29, 1.82) is 0 Å². The monoisotopic (exact) mass is 382 g/mol. The molecule has 0 heterocycles. The van der Waals surface area contributed by atoms with Crippen LogP contribution in [0.25, 0.3) is 0 Å². The van der Waals surface area contributed by atoms with E-state index in [-0.39, 0.29) is 37.9 Å². The van der Waals surface area contributed by atoms with Gasteiger partial charge in [0.15, 0.2) is 0 Å². The van der Waals surface area contributed by atoms with E-state index in [9.17, 15) is 8.42 Å². The molecule has 8 heteroatoms. The molecule has 0 fully saturated rings. The molecule has 25 heavy (non-hydrogen) atoms. The summed E-state index contributed by atoms with van der Waals surface area (Å²) in [6.45, 7) is 14.1. The van der Waals surface area contributed by atoms with Gasteiger partial charge in [-0.05, 0) is 33.1 Å². The third kappa shape index (κ3) is 9.86. The first-order valence-electron chi connectivity index (χ1n) is 8.66. The maximum Gasteiger partial charge on any atom is 0.211 e. The zero-order valence-corrected chi connectivity index (χ0v) is 17.9. The molecule has 0 aliphatic rings. The summed E-state index contributed by atoms with van der Waals surface area (Å²) in [4.78, 5) is 0. The summed E-state index contributed by atoms with van der Waals surface area (Å²) >= 11 is 0. The molecule has 0 aromatic rings. The minimum atomic E-state index is -3.40. The quantitative estimate of drug-likeness (QED) is 0.589. The fourth-order valence-corrected chi connectivity index (χ4v) is 3.56. The molecule has 0 aromatic carbocycles. The SMILES string of the molecule is C[C@H](O[C@H](COC[C@@H](N)CO)CN(C(C)(C)C)S(C)(=O)=O)C(C)(C)C. The van der Waals surface area contributed by atoms with E-state index in [4.69, 9.17) is 20.3 Å². The van der Waals surface area contributed by atoms with Gasteiger partial charge < -0.3 is 20.3 Å². The Balaban J connectivity index is 5.21. The number of rotatable bonds is 10. The van der Waals surface area contributed by atoms with Gasteiger partial charge in [-0.1, -0.05) is 20.8 Å². The van der Waals surface area contributed by atoms with Crippen LogP contribution < -0.4 is 5.73 Å². The van der Waals surface area contributed by atoms with Crippen molar-refractivity contribution in [3.63, 3.8) is 0 Å². The van der Waals surface area contributed by atoms with Crippen molar-refractivity contribution < 1.29 is 23.0 Å². The van der Waals surface area contributed by atoms with Gasteiger partial charge in [-0.2, -0.15) is 4.31 Å². The van der Waals surface area contributed by atoms with Gasteiger partial charge in [0.2, 0.25) is 10.0 Å². The molecule has 0 aliphatic heterocycles. The number of aliphatic hydroxyl groups is 1. The van der Waals surface area contributed by atoms with E-state index in [1.54, 1.807) is 0 Å². The minimum absolute atomic E-state index is 0.0859.